The zero-order valence-corrected chi connectivity index (χ0v) is 16.9. The lowest BCUT2D eigenvalue weighted by atomic mass is 9.73. The maximum atomic E-state index is 13.3. The molecular formula is C24H23NO5. The van der Waals surface area contributed by atoms with Crippen molar-refractivity contribution >= 4 is 11.8 Å². The molecular weight excluding hydrogens is 382 g/mol. The molecule has 2 aliphatic rings. The second-order valence-corrected chi connectivity index (χ2v) is 7.35. The highest BCUT2D eigenvalue weighted by atomic mass is 16.5. The SMILES string of the molecule is COC(=O)C1=C(N)OC2=C(C(=O)C[C@@H](c3ccccc3)C2)[C@@H]1c1ccc(OC)cc1. The minimum atomic E-state index is -0.642. The molecule has 2 aromatic rings. The van der Waals surface area contributed by atoms with Crippen molar-refractivity contribution in [3.05, 3.63) is 88.5 Å². The van der Waals surface area contributed by atoms with E-state index in [1.807, 2.05) is 42.5 Å². The van der Waals surface area contributed by atoms with E-state index < -0.39 is 11.9 Å². The Balaban J connectivity index is 1.80. The first-order chi connectivity index (χ1) is 14.5. The zero-order valence-electron chi connectivity index (χ0n) is 16.9. The molecule has 0 amide bonds. The number of benzene rings is 2. The molecule has 154 valence electrons. The largest absolute Gasteiger partial charge is 0.497 e. The van der Waals surface area contributed by atoms with Crippen molar-refractivity contribution in [3.63, 3.8) is 0 Å². The third-order valence-electron chi connectivity index (χ3n) is 5.67. The lowest BCUT2D eigenvalue weighted by molar-refractivity contribution is -0.136. The Morgan fingerprint density at radius 1 is 1.00 bits per heavy atom. The molecule has 0 aromatic heterocycles. The van der Waals surface area contributed by atoms with Gasteiger partial charge in [-0.05, 0) is 29.2 Å². The summed E-state index contributed by atoms with van der Waals surface area (Å²) in [4.78, 5) is 25.9. The van der Waals surface area contributed by atoms with Crippen LogP contribution in [0, 0.1) is 0 Å². The van der Waals surface area contributed by atoms with Gasteiger partial charge in [0.05, 0.1) is 20.1 Å². The van der Waals surface area contributed by atoms with E-state index in [2.05, 4.69) is 0 Å². The Bertz CT molecular complexity index is 1040. The molecule has 2 aromatic carbocycles. The lowest BCUT2D eigenvalue weighted by Crippen LogP contribution is -2.32. The summed E-state index contributed by atoms with van der Waals surface area (Å²) in [5.41, 5.74) is 8.61. The molecule has 2 N–H and O–H groups in total. The molecule has 0 fully saturated rings. The molecule has 6 heteroatoms. The molecule has 0 radical (unpaired) electrons. The minimum Gasteiger partial charge on any atom is -0.497 e. The van der Waals surface area contributed by atoms with Crippen LogP contribution in [0.1, 0.15) is 35.8 Å². The van der Waals surface area contributed by atoms with Crippen molar-refractivity contribution in [3.8, 4) is 5.75 Å². The number of ether oxygens (including phenoxy) is 3. The number of allylic oxidation sites excluding steroid dienone is 2. The summed E-state index contributed by atoms with van der Waals surface area (Å²) in [6.45, 7) is 0. The van der Waals surface area contributed by atoms with Gasteiger partial charge in [0.2, 0.25) is 5.88 Å². The molecule has 0 spiro atoms. The quantitative estimate of drug-likeness (QED) is 0.783. The monoisotopic (exact) mass is 405 g/mol. The van der Waals surface area contributed by atoms with Crippen LogP contribution in [-0.2, 0) is 19.1 Å². The fourth-order valence-electron chi connectivity index (χ4n) is 4.21. The Morgan fingerprint density at radius 3 is 2.33 bits per heavy atom. The Hall–Kier alpha value is -3.54. The van der Waals surface area contributed by atoms with E-state index in [9.17, 15) is 9.59 Å². The van der Waals surface area contributed by atoms with Gasteiger partial charge < -0.3 is 19.9 Å². The topological polar surface area (TPSA) is 87.9 Å². The number of hydrogen-bond donors (Lipinski definition) is 1. The van der Waals surface area contributed by atoms with E-state index in [0.29, 0.717) is 29.9 Å². The summed E-state index contributed by atoms with van der Waals surface area (Å²) in [7, 11) is 2.86. The number of rotatable bonds is 4. The van der Waals surface area contributed by atoms with Gasteiger partial charge in [0, 0.05) is 18.4 Å². The van der Waals surface area contributed by atoms with Crippen LogP contribution in [0.2, 0.25) is 0 Å². The number of ketones is 1. The molecule has 0 unspecified atom stereocenters. The van der Waals surface area contributed by atoms with Crippen LogP contribution in [0.3, 0.4) is 0 Å². The number of carbonyl (C=O) groups excluding carboxylic acids is 2. The second kappa shape index (κ2) is 8.06. The van der Waals surface area contributed by atoms with Crippen LogP contribution in [-0.4, -0.2) is 26.0 Å². The van der Waals surface area contributed by atoms with Gasteiger partial charge in [0.1, 0.15) is 17.1 Å². The van der Waals surface area contributed by atoms with E-state index >= 15 is 0 Å². The molecule has 1 heterocycles. The first-order valence-electron chi connectivity index (χ1n) is 9.74. The van der Waals surface area contributed by atoms with Crippen LogP contribution >= 0.6 is 0 Å². The molecule has 2 atom stereocenters. The van der Waals surface area contributed by atoms with E-state index in [4.69, 9.17) is 19.9 Å². The lowest BCUT2D eigenvalue weighted by Gasteiger charge is -2.35. The first kappa shape index (κ1) is 19.8. The number of Topliss-reactive ketones (excluding diaryl/α,β-unsaturated/α-hetero) is 1. The fraction of sp³-hybridized carbons (Fsp3) is 0.250. The average molecular weight is 405 g/mol. The summed E-state index contributed by atoms with van der Waals surface area (Å²) in [6.07, 6.45) is 0.875. The minimum absolute atomic E-state index is 0.00134. The van der Waals surface area contributed by atoms with Gasteiger partial charge in [-0.25, -0.2) is 4.79 Å². The second-order valence-electron chi connectivity index (χ2n) is 7.35. The fourth-order valence-corrected chi connectivity index (χ4v) is 4.21. The van der Waals surface area contributed by atoms with Gasteiger partial charge in [-0.3, -0.25) is 4.79 Å². The third kappa shape index (κ3) is 3.45. The van der Waals surface area contributed by atoms with Crippen LogP contribution in [0.15, 0.2) is 77.4 Å². The van der Waals surface area contributed by atoms with Crippen LogP contribution in [0.25, 0.3) is 0 Å². The summed E-state index contributed by atoms with van der Waals surface area (Å²) in [6, 6.07) is 17.1. The molecule has 30 heavy (non-hydrogen) atoms. The highest BCUT2D eigenvalue weighted by molar-refractivity contribution is 6.03. The molecule has 0 saturated carbocycles. The van der Waals surface area contributed by atoms with Crippen molar-refractivity contribution in [2.45, 2.75) is 24.7 Å². The highest BCUT2D eigenvalue weighted by Gasteiger charge is 2.43. The number of carbonyl (C=O) groups is 2. The van der Waals surface area contributed by atoms with Gasteiger partial charge >= 0.3 is 5.97 Å². The number of methoxy groups -OCH3 is 2. The van der Waals surface area contributed by atoms with Crippen LogP contribution < -0.4 is 10.5 Å². The Morgan fingerprint density at radius 2 is 1.70 bits per heavy atom. The predicted molar refractivity (Wildman–Crippen MR) is 110 cm³/mol. The van der Waals surface area contributed by atoms with Crippen molar-refractivity contribution in [1.29, 1.82) is 0 Å². The van der Waals surface area contributed by atoms with Gasteiger partial charge in [0.25, 0.3) is 0 Å². The molecule has 1 aliphatic heterocycles. The van der Waals surface area contributed by atoms with Crippen molar-refractivity contribution in [1.82, 2.24) is 0 Å². The van der Waals surface area contributed by atoms with Gasteiger partial charge in [-0.1, -0.05) is 42.5 Å². The number of nitrogens with two attached hydrogens (primary N) is 1. The first-order valence-corrected chi connectivity index (χ1v) is 9.74. The zero-order chi connectivity index (χ0) is 21.3. The molecule has 0 saturated heterocycles. The van der Waals surface area contributed by atoms with E-state index in [1.54, 1.807) is 19.2 Å². The molecule has 4 rings (SSSR count). The Kier molecular flexibility index (Phi) is 5.31. The number of esters is 1. The van der Waals surface area contributed by atoms with Gasteiger partial charge in [-0.2, -0.15) is 0 Å². The van der Waals surface area contributed by atoms with Crippen LogP contribution in [0.5, 0.6) is 5.75 Å². The molecule has 1 aliphatic carbocycles. The standard InChI is InChI=1S/C24H23NO5/c1-28-17-10-8-15(9-11-17)20-21-18(26)12-16(14-6-4-3-5-7-14)13-19(21)30-23(25)22(20)24(27)29-2/h3-11,16,20H,12-13,25H2,1-2H3/t16-,20+/m1/s1. The normalized spacial score (nSPS) is 21.1. The van der Waals surface area contributed by atoms with Crippen LogP contribution in [0.4, 0.5) is 0 Å². The summed E-state index contributed by atoms with van der Waals surface area (Å²) < 4.78 is 16.0. The van der Waals surface area contributed by atoms with Gasteiger partial charge in [0.15, 0.2) is 5.78 Å². The summed E-state index contributed by atoms with van der Waals surface area (Å²) in [5.74, 6) is -0.139. The van der Waals surface area contributed by atoms with Gasteiger partial charge in [-0.15, -0.1) is 0 Å². The predicted octanol–water partition coefficient (Wildman–Crippen LogP) is 3.55. The summed E-state index contributed by atoms with van der Waals surface area (Å²) >= 11 is 0. The van der Waals surface area contributed by atoms with E-state index in [-0.39, 0.29) is 23.2 Å². The molecule has 0 bridgehead atoms. The van der Waals surface area contributed by atoms with Crippen molar-refractivity contribution in [2.75, 3.05) is 14.2 Å². The third-order valence-corrected chi connectivity index (χ3v) is 5.67. The smallest absolute Gasteiger partial charge is 0.340 e. The average Bonchev–Trinajstić information content (AvgIpc) is 2.78. The van der Waals surface area contributed by atoms with Crippen molar-refractivity contribution < 1.29 is 23.8 Å². The van der Waals surface area contributed by atoms with E-state index in [1.165, 1.54) is 7.11 Å². The number of hydrogen-bond acceptors (Lipinski definition) is 6. The molecule has 6 nitrogen and oxygen atoms in total. The summed E-state index contributed by atoms with van der Waals surface area (Å²) in [5, 5.41) is 0. The maximum Gasteiger partial charge on any atom is 0.340 e. The van der Waals surface area contributed by atoms with E-state index in [0.717, 1.165) is 11.1 Å². The van der Waals surface area contributed by atoms with Crippen molar-refractivity contribution in [2.24, 2.45) is 5.73 Å². The maximum absolute atomic E-state index is 13.3. The highest BCUT2D eigenvalue weighted by Crippen LogP contribution is 2.47. The Labute approximate surface area is 174 Å².